The van der Waals surface area contributed by atoms with Crippen molar-refractivity contribution in [2.75, 3.05) is 0 Å². The molecule has 1 aromatic carbocycles. The molecule has 3 rings (SSSR count). The smallest absolute Gasteiger partial charge is 0.123 e. The summed E-state index contributed by atoms with van der Waals surface area (Å²) < 4.78 is 0. The predicted octanol–water partition coefficient (Wildman–Crippen LogP) is 4.50. The summed E-state index contributed by atoms with van der Waals surface area (Å²) in [7, 11) is 0. The van der Waals surface area contributed by atoms with Crippen LogP contribution in [-0.2, 0) is 25.8 Å². The number of allylic oxidation sites excluding steroid dienone is 8. The van der Waals surface area contributed by atoms with Crippen LogP contribution in [0.1, 0.15) is 24.0 Å². The summed E-state index contributed by atoms with van der Waals surface area (Å²) in [6.07, 6.45) is 14.5. The Kier molecular flexibility index (Phi) is 6.02. The van der Waals surface area contributed by atoms with Crippen LogP contribution in [0.15, 0.2) is 54.7 Å². The van der Waals surface area contributed by atoms with Crippen molar-refractivity contribution in [3.05, 3.63) is 65.8 Å². The first-order valence-corrected chi connectivity index (χ1v) is 5.90. The Hall–Kier alpha value is -0.860. The number of rotatable bonds is 2. The molecule has 0 bridgehead atoms. The molecular weight excluding hydrogens is 422 g/mol. The van der Waals surface area contributed by atoms with Gasteiger partial charge in [-0.1, -0.05) is 48.6 Å². The fourth-order valence-corrected chi connectivity index (χ4v) is 2.42. The summed E-state index contributed by atoms with van der Waals surface area (Å²) in [5, 5.41) is 10.1. The molecule has 2 aliphatic rings. The number of phenolic OH excluding ortho intramolecular Hbond substituents is 1. The molecule has 0 saturated carbocycles. The molecule has 0 unspecified atom stereocenters. The van der Waals surface area contributed by atoms with Gasteiger partial charge in [0.1, 0.15) is 5.75 Å². The Morgan fingerprint density at radius 3 is 2.11 bits per heavy atom. The van der Waals surface area contributed by atoms with Gasteiger partial charge in [-0.15, -0.1) is 12.4 Å². The van der Waals surface area contributed by atoms with Crippen molar-refractivity contribution in [1.82, 2.24) is 0 Å². The van der Waals surface area contributed by atoms with Gasteiger partial charge in [0.15, 0.2) is 0 Å². The molecule has 1 N–H and O–H groups in total. The van der Waals surface area contributed by atoms with Crippen LogP contribution >= 0.6 is 12.4 Å². The zero-order chi connectivity index (χ0) is 11.7. The molecule has 1 aromatic rings. The van der Waals surface area contributed by atoms with Crippen LogP contribution in [0.5, 0.6) is 5.75 Å². The van der Waals surface area contributed by atoms with Crippen LogP contribution in [0.2, 0.25) is 0 Å². The van der Waals surface area contributed by atoms with E-state index in [1.807, 2.05) is 12.1 Å². The summed E-state index contributed by atoms with van der Waals surface area (Å²) in [6, 6.07) is 5.77. The quantitative estimate of drug-likeness (QED) is 0.676. The predicted molar refractivity (Wildman–Crippen MR) is 78.8 cm³/mol. The second-order valence-corrected chi connectivity index (χ2v) is 4.35. The number of aromatic hydroxyl groups is 1. The summed E-state index contributed by atoms with van der Waals surface area (Å²) in [4.78, 5) is 0. The van der Waals surface area contributed by atoms with Gasteiger partial charge in [-0.3, -0.25) is 0 Å². The van der Waals surface area contributed by atoms with Gasteiger partial charge in [0.05, 0.1) is 0 Å². The molecular formula is C16H15ClHfO. The van der Waals surface area contributed by atoms with Crippen LogP contribution in [0.25, 0.3) is 11.1 Å². The second kappa shape index (κ2) is 7.06. The van der Waals surface area contributed by atoms with Crippen LogP contribution in [-0.4, -0.2) is 5.11 Å². The first-order chi connectivity index (χ1) is 8.36. The average Bonchev–Trinajstić information content (AvgIpc) is 3.02. The molecule has 0 radical (unpaired) electrons. The van der Waals surface area contributed by atoms with E-state index in [0.29, 0.717) is 5.75 Å². The SMILES string of the molecule is Cl.Oc1cccc(C2=CC=CC2)c1C1=CC=CC1.[Hf]. The molecule has 0 spiro atoms. The minimum absolute atomic E-state index is 0. The third-order valence-corrected chi connectivity index (χ3v) is 3.25. The van der Waals surface area contributed by atoms with E-state index >= 15 is 0 Å². The van der Waals surface area contributed by atoms with Crippen molar-refractivity contribution in [2.45, 2.75) is 12.8 Å². The molecule has 0 aromatic heterocycles. The number of hydrogen-bond donors (Lipinski definition) is 1. The second-order valence-electron chi connectivity index (χ2n) is 4.35. The molecule has 3 heteroatoms. The monoisotopic (exact) mass is 438 g/mol. The van der Waals surface area contributed by atoms with Gasteiger partial charge in [-0.25, -0.2) is 0 Å². The van der Waals surface area contributed by atoms with Crippen LogP contribution in [0, 0.1) is 0 Å². The van der Waals surface area contributed by atoms with E-state index in [-0.39, 0.29) is 38.3 Å². The summed E-state index contributed by atoms with van der Waals surface area (Å²) in [5.41, 5.74) is 4.63. The third-order valence-electron chi connectivity index (χ3n) is 3.25. The van der Waals surface area contributed by atoms with Crippen molar-refractivity contribution in [3.63, 3.8) is 0 Å². The van der Waals surface area contributed by atoms with E-state index in [1.165, 1.54) is 11.1 Å². The number of phenols is 1. The van der Waals surface area contributed by atoms with Crippen molar-refractivity contribution in [2.24, 2.45) is 0 Å². The van der Waals surface area contributed by atoms with Gasteiger partial charge in [0.2, 0.25) is 0 Å². The number of halogens is 1. The Balaban J connectivity index is 0.000000902. The molecule has 0 heterocycles. The Morgan fingerprint density at radius 2 is 1.53 bits per heavy atom. The summed E-state index contributed by atoms with van der Waals surface area (Å²) >= 11 is 0. The molecule has 19 heavy (non-hydrogen) atoms. The average molecular weight is 437 g/mol. The Bertz CT molecular complexity index is 582. The van der Waals surface area contributed by atoms with Gasteiger partial charge < -0.3 is 5.11 Å². The zero-order valence-electron chi connectivity index (χ0n) is 10.5. The van der Waals surface area contributed by atoms with E-state index in [9.17, 15) is 5.11 Å². The minimum Gasteiger partial charge on any atom is -0.507 e. The standard InChI is InChI=1S/C16H14O.ClH.Hf/c17-15-11-5-10-14(12-6-1-2-7-12)16(15)13-8-3-4-9-13;;/h1-6,8,10-11,17H,7,9H2;1H;. The Labute approximate surface area is 138 Å². The molecule has 96 valence electrons. The fraction of sp³-hybridized carbons (Fsp3) is 0.125. The number of hydrogen-bond acceptors (Lipinski definition) is 1. The van der Waals surface area contributed by atoms with Crippen molar-refractivity contribution in [1.29, 1.82) is 0 Å². The zero-order valence-corrected chi connectivity index (χ0v) is 14.9. The molecule has 2 aliphatic carbocycles. The van der Waals surface area contributed by atoms with Crippen LogP contribution < -0.4 is 0 Å². The van der Waals surface area contributed by atoms with Gasteiger partial charge in [0.25, 0.3) is 0 Å². The van der Waals surface area contributed by atoms with Gasteiger partial charge in [-0.05, 0) is 35.6 Å². The molecule has 0 aliphatic heterocycles. The van der Waals surface area contributed by atoms with Gasteiger partial charge in [0, 0.05) is 31.4 Å². The number of benzene rings is 1. The molecule has 1 nitrogen and oxygen atoms in total. The maximum absolute atomic E-state index is 10.1. The minimum atomic E-state index is 0. The first kappa shape index (κ1) is 16.2. The van der Waals surface area contributed by atoms with E-state index in [0.717, 1.165) is 24.0 Å². The maximum Gasteiger partial charge on any atom is 0.123 e. The Morgan fingerprint density at radius 1 is 0.895 bits per heavy atom. The van der Waals surface area contributed by atoms with E-state index in [1.54, 1.807) is 6.07 Å². The molecule has 0 saturated heterocycles. The normalized spacial score (nSPS) is 15.6. The van der Waals surface area contributed by atoms with E-state index < -0.39 is 0 Å². The topological polar surface area (TPSA) is 20.2 Å². The maximum atomic E-state index is 10.1. The summed E-state index contributed by atoms with van der Waals surface area (Å²) in [6.45, 7) is 0. The van der Waals surface area contributed by atoms with E-state index in [2.05, 4.69) is 36.4 Å². The molecule has 0 fully saturated rings. The van der Waals surface area contributed by atoms with E-state index in [4.69, 9.17) is 0 Å². The van der Waals surface area contributed by atoms with Crippen molar-refractivity contribution < 1.29 is 30.9 Å². The first-order valence-electron chi connectivity index (χ1n) is 5.90. The summed E-state index contributed by atoms with van der Waals surface area (Å²) in [5.74, 6) is 0.380. The van der Waals surface area contributed by atoms with Crippen molar-refractivity contribution >= 4 is 23.6 Å². The fourth-order valence-electron chi connectivity index (χ4n) is 2.42. The van der Waals surface area contributed by atoms with Crippen LogP contribution in [0.4, 0.5) is 0 Å². The van der Waals surface area contributed by atoms with Gasteiger partial charge >= 0.3 is 0 Å². The molecule has 0 atom stereocenters. The third kappa shape index (κ3) is 3.18. The largest absolute Gasteiger partial charge is 0.507 e. The van der Waals surface area contributed by atoms with Gasteiger partial charge in [-0.2, -0.15) is 0 Å². The molecule has 0 amide bonds. The van der Waals surface area contributed by atoms with Crippen LogP contribution in [0.3, 0.4) is 0 Å². The van der Waals surface area contributed by atoms with Crippen molar-refractivity contribution in [3.8, 4) is 5.75 Å².